The van der Waals surface area contributed by atoms with Crippen LogP contribution in [-0.4, -0.2) is 39.4 Å². The number of rotatable bonds is 1. The van der Waals surface area contributed by atoms with Crippen LogP contribution in [0.3, 0.4) is 0 Å². The largest absolute Gasteiger partial charge is 0.597 e. The fourth-order valence-electron chi connectivity index (χ4n) is 1.14. The Balaban J connectivity index is 2.83. The predicted molar refractivity (Wildman–Crippen MR) is 54.9 cm³/mol. The maximum absolute atomic E-state index is 12.2. The van der Waals surface area contributed by atoms with Gasteiger partial charge in [0, 0.05) is 15.5 Å². The zero-order valence-electron chi connectivity index (χ0n) is 11.4. The van der Waals surface area contributed by atoms with Crippen LogP contribution in [0.4, 0.5) is 0 Å². The monoisotopic (exact) mass is 208 g/mol. The Morgan fingerprint density at radius 1 is 1.62 bits per heavy atom. The van der Waals surface area contributed by atoms with E-state index in [0.29, 0.717) is 13.2 Å². The van der Waals surface area contributed by atoms with Gasteiger partial charge in [0.25, 0.3) is 0 Å². The minimum absolute atomic E-state index is 0.123. The molecule has 1 saturated heterocycles. The lowest BCUT2D eigenvalue weighted by atomic mass is 10.3. The topological polar surface area (TPSA) is 35.5 Å². The molecule has 1 aliphatic rings. The lowest BCUT2D eigenvalue weighted by Crippen LogP contribution is -2.52. The van der Waals surface area contributed by atoms with Crippen molar-refractivity contribution in [3.05, 3.63) is 0 Å². The molecule has 0 N–H and O–H groups in total. The SMILES string of the molecule is [2H]C([2H])([2H])C1COCCN1[S+]([O-])C(C)(C)C. The van der Waals surface area contributed by atoms with E-state index in [9.17, 15) is 4.55 Å². The average molecular weight is 208 g/mol. The van der Waals surface area contributed by atoms with Gasteiger partial charge in [-0.25, -0.2) is 0 Å². The fraction of sp³-hybridized carbons (Fsp3) is 1.00. The summed E-state index contributed by atoms with van der Waals surface area (Å²) in [6.07, 6.45) is 0. The summed E-state index contributed by atoms with van der Waals surface area (Å²) in [6, 6.07) is -0.763. The Labute approximate surface area is 88.0 Å². The van der Waals surface area contributed by atoms with Crippen LogP contribution in [0.5, 0.6) is 0 Å². The molecule has 0 spiro atoms. The molecule has 0 amide bonds. The summed E-state index contributed by atoms with van der Waals surface area (Å²) in [7, 11) is 0. The third-order valence-corrected chi connectivity index (χ3v) is 3.73. The average Bonchev–Trinajstić information content (AvgIpc) is 2.14. The van der Waals surface area contributed by atoms with Crippen molar-refractivity contribution in [3.8, 4) is 0 Å². The van der Waals surface area contributed by atoms with Crippen LogP contribution in [-0.2, 0) is 16.1 Å². The lowest BCUT2D eigenvalue weighted by molar-refractivity contribution is 0.0383. The van der Waals surface area contributed by atoms with Crippen molar-refractivity contribution in [1.29, 1.82) is 0 Å². The van der Waals surface area contributed by atoms with Gasteiger partial charge in [0.1, 0.15) is 4.75 Å². The molecule has 0 aromatic heterocycles. The molecule has 1 heterocycles. The van der Waals surface area contributed by atoms with E-state index in [2.05, 4.69) is 0 Å². The first-order chi connectivity index (χ1) is 7.14. The smallest absolute Gasteiger partial charge is 0.137 e. The Kier molecular flexibility index (Phi) is 2.41. The fourth-order valence-corrected chi connectivity index (χ4v) is 2.37. The highest BCUT2D eigenvalue weighted by molar-refractivity contribution is 7.90. The molecule has 78 valence electrons. The molecule has 1 rings (SSSR count). The summed E-state index contributed by atoms with van der Waals surface area (Å²) in [5, 5.41) is 0. The second-order valence-corrected chi connectivity index (χ2v) is 6.29. The molecule has 0 aliphatic carbocycles. The molecule has 1 fully saturated rings. The van der Waals surface area contributed by atoms with Gasteiger partial charge in [-0.1, -0.05) is 0 Å². The number of morpholine rings is 1. The van der Waals surface area contributed by atoms with Crippen molar-refractivity contribution in [2.75, 3.05) is 19.8 Å². The van der Waals surface area contributed by atoms with Crippen molar-refractivity contribution in [1.82, 2.24) is 4.31 Å². The van der Waals surface area contributed by atoms with Gasteiger partial charge >= 0.3 is 0 Å². The first-order valence-electron chi connectivity index (χ1n) is 5.90. The van der Waals surface area contributed by atoms with Gasteiger partial charge in [-0.15, -0.1) is 4.31 Å². The zero-order chi connectivity index (χ0) is 12.6. The second kappa shape index (κ2) is 4.17. The molecular formula is C9H19NO2S. The quantitative estimate of drug-likeness (QED) is 0.607. The van der Waals surface area contributed by atoms with Crippen molar-refractivity contribution >= 4 is 11.4 Å². The molecular weight excluding hydrogens is 186 g/mol. The summed E-state index contributed by atoms with van der Waals surface area (Å²) in [4.78, 5) is 0. The van der Waals surface area contributed by atoms with Gasteiger partial charge in [0.15, 0.2) is 0 Å². The number of hydrogen-bond donors (Lipinski definition) is 0. The van der Waals surface area contributed by atoms with Crippen LogP contribution in [0.15, 0.2) is 0 Å². The van der Waals surface area contributed by atoms with E-state index < -0.39 is 29.0 Å². The molecule has 0 radical (unpaired) electrons. The van der Waals surface area contributed by atoms with Crippen molar-refractivity contribution < 1.29 is 13.4 Å². The van der Waals surface area contributed by atoms with Crippen LogP contribution in [0, 0.1) is 0 Å². The molecule has 1 aliphatic heterocycles. The van der Waals surface area contributed by atoms with Gasteiger partial charge in [-0.2, -0.15) is 0 Å². The third-order valence-electron chi connectivity index (χ3n) is 1.82. The molecule has 0 aromatic rings. The van der Waals surface area contributed by atoms with Crippen molar-refractivity contribution in [2.24, 2.45) is 0 Å². The third kappa shape index (κ3) is 2.84. The second-order valence-electron chi connectivity index (χ2n) is 4.09. The number of hydrogen-bond acceptors (Lipinski definition) is 3. The Bertz CT molecular complexity index is 242. The molecule has 3 nitrogen and oxygen atoms in total. The number of ether oxygens (including phenoxy) is 1. The molecule has 2 atom stereocenters. The van der Waals surface area contributed by atoms with Crippen LogP contribution in [0.1, 0.15) is 31.7 Å². The Morgan fingerprint density at radius 2 is 2.31 bits per heavy atom. The molecule has 4 heteroatoms. The maximum Gasteiger partial charge on any atom is 0.137 e. The predicted octanol–water partition coefficient (Wildman–Crippen LogP) is 1.17. The zero-order valence-corrected chi connectivity index (χ0v) is 9.19. The van der Waals surface area contributed by atoms with Crippen LogP contribution in [0.2, 0.25) is 0 Å². The first kappa shape index (κ1) is 7.51. The van der Waals surface area contributed by atoms with Gasteiger partial charge in [0.05, 0.1) is 25.8 Å². The first-order valence-corrected chi connectivity index (χ1v) is 5.51. The van der Waals surface area contributed by atoms with Gasteiger partial charge < -0.3 is 9.29 Å². The molecule has 13 heavy (non-hydrogen) atoms. The van der Waals surface area contributed by atoms with E-state index in [1.807, 2.05) is 20.8 Å². The van der Waals surface area contributed by atoms with Crippen LogP contribution < -0.4 is 0 Å². The summed E-state index contributed by atoms with van der Waals surface area (Å²) in [5.41, 5.74) is 0. The Hall–Kier alpha value is 0.230. The molecule has 0 bridgehead atoms. The van der Waals surface area contributed by atoms with Gasteiger partial charge in [-0.3, -0.25) is 0 Å². The standard InChI is InChI=1S/C9H19NO2S/c1-8-7-12-6-5-10(8)13(11)9(2,3)4/h8H,5-7H2,1-4H3/i1D3. The number of nitrogens with zero attached hydrogens (tertiary/aromatic N) is 1. The summed E-state index contributed by atoms with van der Waals surface area (Å²) in [6.45, 7) is 4.35. The van der Waals surface area contributed by atoms with Crippen molar-refractivity contribution in [2.45, 2.75) is 38.4 Å². The minimum atomic E-state index is -2.15. The van der Waals surface area contributed by atoms with E-state index in [0.717, 1.165) is 0 Å². The summed E-state index contributed by atoms with van der Waals surface area (Å²) in [5.74, 6) is 0. The van der Waals surface area contributed by atoms with Crippen molar-refractivity contribution in [3.63, 3.8) is 0 Å². The molecule has 0 aromatic carbocycles. The van der Waals surface area contributed by atoms with E-state index in [1.54, 1.807) is 4.31 Å². The summed E-state index contributed by atoms with van der Waals surface area (Å²) >= 11 is -1.31. The van der Waals surface area contributed by atoms with E-state index >= 15 is 0 Å². The van der Waals surface area contributed by atoms with E-state index in [-0.39, 0.29) is 6.61 Å². The highest BCUT2D eigenvalue weighted by Crippen LogP contribution is 2.23. The summed E-state index contributed by atoms with van der Waals surface area (Å²) < 4.78 is 40.8. The van der Waals surface area contributed by atoms with Crippen LogP contribution in [0.25, 0.3) is 0 Å². The molecule has 0 saturated carbocycles. The van der Waals surface area contributed by atoms with Gasteiger partial charge in [0.2, 0.25) is 0 Å². The maximum atomic E-state index is 12.2. The lowest BCUT2D eigenvalue weighted by Gasteiger charge is -2.38. The normalized spacial score (nSPS) is 33.2. The minimum Gasteiger partial charge on any atom is -0.597 e. The van der Waals surface area contributed by atoms with E-state index in [1.165, 1.54) is 0 Å². The van der Waals surface area contributed by atoms with Crippen LogP contribution >= 0.6 is 0 Å². The highest BCUT2D eigenvalue weighted by atomic mass is 32.2. The van der Waals surface area contributed by atoms with Gasteiger partial charge in [-0.05, 0) is 27.6 Å². The van der Waals surface area contributed by atoms with E-state index in [4.69, 9.17) is 8.85 Å². The Morgan fingerprint density at radius 3 is 2.85 bits per heavy atom. The highest BCUT2D eigenvalue weighted by Gasteiger charge is 2.37. The molecule has 2 unspecified atom stereocenters.